The van der Waals surface area contributed by atoms with Crippen LogP contribution in [0.15, 0.2) is 18.2 Å². The van der Waals surface area contributed by atoms with Gasteiger partial charge in [0.1, 0.15) is 6.61 Å². The summed E-state index contributed by atoms with van der Waals surface area (Å²) in [6, 6.07) is 6.44. The SMILES string of the molecule is CCCCc1cc([CH]O)cc(CC(C)C)c1. The van der Waals surface area contributed by atoms with Crippen molar-refractivity contribution in [2.24, 2.45) is 5.92 Å². The van der Waals surface area contributed by atoms with Crippen molar-refractivity contribution in [3.8, 4) is 0 Å². The van der Waals surface area contributed by atoms with Gasteiger partial charge in [-0.25, -0.2) is 0 Å². The Morgan fingerprint density at radius 2 is 1.88 bits per heavy atom. The summed E-state index contributed by atoms with van der Waals surface area (Å²) in [5.74, 6) is 0.660. The second-order valence-electron chi connectivity index (χ2n) is 4.91. The Morgan fingerprint density at radius 1 is 1.19 bits per heavy atom. The third-order valence-electron chi connectivity index (χ3n) is 2.69. The Labute approximate surface area is 99.5 Å². The number of aliphatic hydroxyl groups excluding tert-OH is 1. The summed E-state index contributed by atoms with van der Waals surface area (Å²) in [5.41, 5.74) is 3.62. The van der Waals surface area contributed by atoms with Gasteiger partial charge in [-0.15, -0.1) is 0 Å². The predicted octanol–water partition coefficient (Wildman–Crippen LogP) is 4.11. The summed E-state index contributed by atoms with van der Waals surface area (Å²) in [6.07, 6.45) is 4.63. The maximum Gasteiger partial charge on any atom is 0.109 e. The molecule has 0 aromatic heterocycles. The van der Waals surface area contributed by atoms with Gasteiger partial charge in [0.25, 0.3) is 0 Å². The summed E-state index contributed by atoms with van der Waals surface area (Å²) in [6.45, 7) is 7.86. The second-order valence-corrected chi connectivity index (χ2v) is 4.91. The van der Waals surface area contributed by atoms with Gasteiger partial charge in [0.15, 0.2) is 0 Å². The fourth-order valence-electron chi connectivity index (χ4n) is 1.98. The summed E-state index contributed by atoms with van der Waals surface area (Å²) in [4.78, 5) is 0. The molecule has 0 aliphatic heterocycles. The lowest BCUT2D eigenvalue weighted by atomic mass is 9.96. The van der Waals surface area contributed by atoms with Crippen molar-refractivity contribution in [1.29, 1.82) is 0 Å². The van der Waals surface area contributed by atoms with Crippen LogP contribution in [0.5, 0.6) is 0 Å². The number of hydrogen-bond donors (Lipinski definition) is 1. The van der Waals surface area contributed by atoms with Crippen LogP contribution in [0.1, 0.15) is 50.3 Å². The topological polar surface area (TPSA) is 20.2 Å². The van der Waals surface area contributed by atoms with Gasteiger partial charge in [-0.2, -0.15) is 0 Å². The molecule has 0 saturated carbocycles. The largest absolute Gasteiger partial charge is 0.385 e. The van der Waals surface area contributed by atoms with E-state index in [4.69, 9.17) is 5.11 Å². The van der Waals surface area contributed by atoms with E-state index >= 15 is 0 Å². The first kappa shape index (κ1) is 13.2. The van der Waals surface area contributed by atoms with E-state index in [1.54, 1.807) is 0 Å². The standard InChI is InChI=1S/C15H23O/c1-4-5-6-13-8-14(7-12(2)3)10-15(9-13)11-16/h8-12,16H,4-7H2,1-3H3. The summed E-state index contributed by atoms with van der Waals surface area (Å²) < 4.78 is 0. The zero-order chi connectivity index (χ0) is 12.0. The van der Waals surface area contributed by atoms with Crippen LogP contribution in [0.2, 0.25) is 0 Å². The zero-order valence-corrected chi connectivity index (χ0v) is 10.7. The van der Waals surface area contributed by atoms with Gasteiger partial charge in [-0.3, -0.25) is 0 Å². The van der Waals surface area contributed by atoms with Crippen molar-refractivity contribution in [3.05, 3.63) is 41.5 Å². The van der Waals surface area contributed by atoms with Crippen LogP contribution in [0.3, 0.4) is 0 Å². The average molecular weight is 219 g/mol. The third-order valence-corrected chi connectivity index (χ3v) is 2.69. The molecule has 0 amide bonds. The van der Waals surface area contributed by atoms with Crippen molar-refractivity contribution in [1.82, 2.24) is 0 Å². The first-order valence-electron chi connectivity index (χ1n) is 6.26. The zero-order valence-electron chi connectivity index (χ0n) is 10.7. The highest BCUT2D eigenvalue weighted by Crippen LogP contribution is 2.16. The van der Waals surface area contributed by atoms with Gasteiger partial charge in [-0.1, -0.05) is 45.4 Å². The highest BCUT2D eigenvalue weighted by atomic mass is 16.3. The Balaban J connectivity index is 2.82. The molecule has 1 aromatic rings. The molecule has 0 heterocycles. The lowest BCUT2D eigenvalue weighted by Gasteiger charge is -2.10. The Kier molecular flexibility index (Phi) is 5.54. The molecule has 16 heavy (non-hydrogen) atoms. The second kappa shape index (κ2) is 6.70. The molecule has 1 heteroatoms. The first-order chi connectivity index (χ1) is 7.65. The van der Waals surface area contributed by atoms with Gasteiger partial charge in [-0.05, 0) is 41.9 Å². The number of unbranched alkanes of at least 4 members (excludes halogenated alkanes) is 1. The molecule has 89 valence electrons. The third kappa shape index (κ3) is 4.36. The van der Waals surface area contributed by atoms with E-state index in [1.165, 1.54) is 30.6 Å². The molecule has 1 nitrogen and oxygen atoms in total. The molecule has 1 N–H and O–H groups in total. The maximum absolute atomic E-state index is 9.12. The molecular weight excluding hydrogens is 196 g/mol. The molecular formula is C15H23O. The summed E-state index contributed by atoms with van der Waals surface area (Å²) >= 11 is 0. The van der Waals surface area contributed by atoms with E-state index in [1.807, 2.05) is 0 Å². The molecule has 0 aliphatic rings. The van der Waals surface area contributed by atoms with Crippen molar-refractivity contribution in [2.45, 2.75) is 46.5 Å². The minimum absolute atomic E-state index is 0.660. The summed E-state index contributed by atoms with van der Waals surface area (Å²) in [5, 5.41) is 9.12. The molecule has 1 rings (SSSR count). The predicted molar refractivity (Wildman–Crippen MR) is 68.9 cm³/mol. The van der Waals surface area contributed by atoms with Gasteiger partial charge in [0.05, 0.1) is 0 Å². The smallest absolute Gasteiger partial charge is 0.109 e. The first-order valence-corrected chi connectivity index (χ1v) is 6.26. The molecule has 0 atom stereocenters. The van der Waals surface area contributed by atoms with E-state index in [2.05, 4.69) is 39.0 Å². The lowest BCUT2D eigenvalue weighted by Crippen LogP contribution is -1.98. The molecule has 0 fully saturated rings. The van der Waals surface area contributed by atoms with Gasteiger partial charge >= 0.3 is 0 Å². The van der Waals surface area contributed by atoms with Crippen LogP contribution in [-0.4, -0.2) is 5.11 Å². The average Bonchev–Trinajstić information content (AvgIpc) is 2.25. The number of aryl methyl sites for hydroxylation is 1. The van der Waals surface area contributed by atoms with Crippen LogP contribution in [-0.2, 0) is 12.8 Å². The normalized spacial score (nSPS) is 11.1. The van der Waals surface area contributed by atoms with Crippen LogP contribution in [0.4, 0.5) is 0 Å². The van der Waals surface area contributed by atoms with Gasteiger partial charge < -0.3 is 5.11 Å². The Morgan fingerprint density at radius 3 is 2.44 bits per heavy atom. The van der Waals surface area contributed by atoms with Crippen LogP contribution in [0, 0.1) is 12.5 Å². The monoisotopic (exact) mass is 219 g/mol. The Hall–Kier alpha value is -0.820. The molecule has 0 bridgehead atoms. The number of hydrogen-bond acceptors (Lipinski definition) is 1. The van der Waals surface area contributed by atoms with Gasteiger partial charge in [0.2, 0.25) is 0 Å². The Bertz CT molecular complexity index is 315. The van der Waals surface area contributed by atoms with Crippen molar-refractivity contribution >= 4 is 0 Å². The van der Waals surface area contributed by atoms with Crippen molar-refractivity contribution < 1.29 is 5.11 Å². The minimum atomic E-state index is 0.660. The van der Waals surface area contributed by atoms with Crippen LogP contribution < -0.4 is 0 Å². The quantitative estimate of drug-likeness (QED) is 0.763. The highest BCUT2D eigenvalue weighted by Gasteiger charge is 2.03. The van der Waals surface area contributed by atoms with Crippen molar-refractivity contribution in [2.75, 3.05) is 0 Å². The van der Waals surface area contributed by atoms with E-state index in [0.29, 0.717) is 5.92 Å². The highest BCUT2D eigenvalue weighted by molar-refractivity contribution is 5.33. The van der Waals surface area contributed by atoms with Crippen LogP contribution >= 0.6 is 0 Å². The lowest BCUT2D eigenvalue weighted by molar-refractivity contribution is 0.414. The molecule has 1 radical (unpaired) electrons. The number of benzene rings is 1. The number of aliphatic hydroxyl groups is 1. The fraction of sp³-hybridized carbons (Fsp3) is 0.533. The van der Waals surface area contributed by atoms with E-state index in [-0.39, 0.29) is 0 Å². The summed E-state index contributed by atoms with van der Waals surface area (Å²) in [7, 11) is 0. The van der Waals surface area contributed by atoms with E-state index in [0.717, 1.165) is 18.4 Å². The van der Waals surface area contributed by atoms with E-state index in [9.17, 15) is 0 Å². The molecule has 0 saturated heterocycles. The molecule has 0 unspecified atom stereocenters. The van der Waals surface area contributed by atoms with Crippen LogP contribution in [0.25, 0.3) is 0 Å². The van der Waals surface area contributed by atoms with Crippen molar-refractivity contribution in [3.63, 3.8) is 0 Å². The van der Waals surface area contributed by atoms with Gasteiger partial charge in [0, 0.05) is 0 Å². The fourth-order valence-corrected chi connectivity index (χ4v) is 1.98. The molecule has 0 aliphatic carbocycles. The minimum Gasteiger partial charge on any atom is -0.385 e. The molecule has 0 spiro atoms. The number of rotatable bonds is 6. The van der Waals surface area contributed by atoms with E-state index < -0.39 is 0 Å². The maximum atomic E-state index is 9.12. The molecule has 1 aromatic carbocycles.